The Morgan fingerprint density at radius 1 is 1.29 bits per heavy atom. The van der Waals surface area contributed by atoms with Gasteiger partial charge in [-0.25, -0.2) is 0 Å². The van der Waals surface area contributed by atoms with Crippen LogP contribution < -0.4 is 21.1 Å². The van der Waals surface area contributed by atoms with Gasteiger partial charge < -0.3 is 21.1 Å². The molecule has 0 spiro atoms. The van der Waals surface area contributed by atoms with Crippen molar-refractivity contribution in [2.75, 3.05) is 6.61 Å². The number of hydrogen-bond acceptors (Lipinski definition) is 4. The van der Waals surface area contributed by atoms with Gasteiger partial charge in [0.15, 0.2) is 6.61 Å². The van der Waals surface area contributed by atoms with Crippen LogP contribution in [-0.2, 0) is 9.59 Å². The second-order valence-corrected chi connectivity index (χ2v) is 6.62. The van der Waals surface area contributed by atoms with E-state index < -0.39 is 5.54 Å². The van der Waals surface area contributed by atoms with Crippen LogP contribution in [0.4, 0.5) is 0 Å². The lowest BCUT2D eigenvalue weighted by Crippen LogP contribution is -2.49. The summed E-state index contributed by atoms with van der Waals surface area (Å²) in [5.41, 5.74) is 5.80. The number of ether oxygens (including phenoxy) is 1. The van der Waals surface area contributed by atoms with Crippen LogP contribution in [0.2, 0.25) is 0 Å². The molecule has 0 saturated heterocycles. The fraction of sp³-hybridized carbons (Fsp3) is 0.529. The Morgan fingerprint density at radius 3 is 2.38 bits per heavy atom. The number of hydrogen-bond donors (Lipinski definition) is 3. The zero-order chi connectivity index (χ0) is 17.0. The van der Waals surface area contributed by atoms with Crippen molar-refractivity contribution in [1.82, 2.24) is 10.6 Å². The van der Waals surface area contributed by atoms with Crippen LogP contribution in [0.5, 0.6) is 5.75 Å². The van der Waals surface area contributed by atoms with Crippen LogP contribution in [0.25, 0.3) is 0 Å². The molecule has 1 aliphatic carbocycles. The van der Waals surface area contributed by atoms with Gasteiger partial charge in [0.25, 0.3) is 5.91 Å². The predicted octanol–water partition coefficient (Wildman–Crippen LogP) is 1.68. The van der Waals surface area contributed by atoms with Crippen molar-refractivity contribution >= 4 is 24.2 Å². The summed E-state index contributed by atoms with van der Waals surface area (Å²) in [4.78, 5) is 23.4. The van der Waals surface area contributed by atoms with Crippen LogP contribution in [0, 0.1) is 0 Å². The summed E-state index contributed by atoms with van der Waals surface area (Å²) in [5, 5.41) is 5.73. The minimum atomic E-state index is -0.910. The van der Waals surface area contributed by atoms with E-state index in [0.29, 0.717) is 11.8 Å². The number of nitrogens with two attached hydrogens (primary N) is 1. The molecule has 1 aromatic rings. The number of halogens is 1. The molecule has 6 nitrogen and oxygen atoms in total. The first-order chi connectivity index (χ1) is 10.8. The van der Waals surface area contributed by atoms with Gasteiger partial charge >= 0.3 is 0 Å². The van der Waals surface area contributed by atoms with E-state index in [1.54, 1.807) is 26.0 Å². The minimum Gasteiger partial charge on any atom is -0.484 e. The van der Waals surface area contributed by atoms with Gasteiger partial charge in [-0.1, -0.05) is 12.1 Å². The van der Waals surface area contributed by atoms with Crippen LogP contribution >= 0.6 is 12.4 Å². The number of rotatable bonds is 7. The predicted molar refractivity (Wildman–Crippen MR) is 95.2 cm³/mol. The Labute approximate surface area is 148 Å². The SMILES string of the molecule is CC(NC(=O)C(C)(C)N)c1ccc(OCC(=O)NC2CC2)cc1.Cl. The van der Waals surface area contributed by atoms with Gasteiger partial charge in [0, 0.05) is 6.04 Å². The van der Waals surface area contributed by atoms with Gasteiger partial charge in [-0.2, -0.15) is 0 Å². The van der Waals surface area contributed by atoms with E-state index in [-0.39, 0.29) is 36.9 Å². The highest BCUT2D eigenvalue weighted by Gasteiger charge is 2.24. The largest absolute Gasteiger partial charge is 0.484 e. The monoisotopic (exact) mass is 355 g/mol. The lowest BCUT2D eigenvalue weighted by atomic mass is 10.0. The Hall–Kier alpha value is -1.79. The average molecular weight is 356 g/mol. The van der Waals surface area contributed by atoms with E-state index >= 15 is 0 Å². The maximum atomic E-state index is 11.9. The van der Waals surface area contributed by atoms with Crippen LogP contribution in [0.1, 0.15) is 45.2 Å². The van der Waals surface area contributed by atoms with Crippen molar-refractivity contribution in [3.63, 3.8) is 0 Å². The van der Waals surface area contributed by atoms with Crippen molar-refractivity contribution in [2.24, 2.45) is 5.73 Å². The molecule has 1 aromatic carbocycles. The summed E-state index contributed by atoms with van der Waals surface area (Å²) in [7, 11) is 0. The smallest absolute Gasteiger partial charge is 0.258 e. The molecule has 1 atom stereocenters. The molecule has 2 rings (SSSR count). The highest BCUT2D eigenvalue weighted by Crippen LogP contribution is 2.19. The Balaban J connectivity index is 0.00000288. The zero-order valence-electron chi connectivity index (χ0n) is 14.3. The number of amides is 2. The molecule has 134 valence electrons. The number of carbonyl (C=O) groups excluding carboxylic acids is 2. The molecular formula is C17H26ClN3O3. The summed E-state index contributed by atoms with van der Waals surface area (Å²) in [5.74, 6) is 0.321. The molecule has 24 heavy (non-hydrogen) atoms. The lowest BCUT2D eigenvalue weighted by molar-refractivity contribution is -0.126. The van der Waals surface area contributed by atoms with Crippen molar-refractivity contribution in [2.45, 2.75) is 51.2 Å². The Bertz CT molecular complexity index is 565. The maximum absolute atomic E-state index is 11.9. The highest BCUT2D eigenvalue weighted by atomic mass is 35.5. The highest BCUT2D eigenvalue weighted by molar-refractivity contribution is 5.85. The van der Waals surface area contributed by atoms with Crippen LogP contribution in [0.3, 0.4) is 0 Å². The molecule has 1 saturated carbocycles. The van der Waals surface area contributed by atoms with E-state index in [9.17, 15) is 9.59 Å². The molecule has 4 N–H and O–H groups in total. The normalized spacial score (nSPS) is 15.0. The van der Waals surface area contributed by atoms with E-state index in [0.717, 1.165) is 18.4 Å². The minimum absolute atomic E-state index is 0. The van der Waals surface area contributed by atoms with Crippen LogP contribution in [0.15, 0.2) is 24.3 Å². The van der Waals surface area contributed by atoms with Crippen molar-refractivity contribution in [1.29, 1.82) is 0 Å². The van der Waals surface area contributed by atoms with E-state index in [1.165, 1.54) is 0 Å². The number of carbonyl (C=O) groups is 2. The summed E-state index contributed by atoms with van der Waals surface area (Å²) in [6.45, 7) is 5.24. The van der Waals surface area contributed by atoms with Gasteiger partial charge in [0.1, 0.15) is 5.75 Å². The van der Waals surface area contributed by atoms with Gasteiger partial charge in [-0.3, -0.25) is 9.59 Å². The third kappa shape index (κ3) is 6.37. The molecular weight excluding hydrogens is 330 g/mol. The first-order valence-electron chi connectivity index (χ1n) is 7.87. The summed E-state index contributed by atoms with van der Waals surface area (Å²) in [6.07, 6.45) is 2.12. The molecule has 0 radical (unpaired) electrons. The fourth-order valence-corrected chi connectivity index (χ4v) is 1.96. The van der Waals surface area contributed by atoms with E-state index in [4.69, 9.17) is 10.5 Å². The van der Waals surface area contributed by atoms with E-state index in [1.807, 2.05) is 19.1 Å². The topological polar surface area (TPSA) is 93.5 Å². The van der Waals surface area contributed by atoms with Crippen LogP contribution in [-0.4, -0.2) is 30.0 Å². The fourth-order valence-electron chi connectivity index (χ4n) is 1.96. The molecule has 7 heteroatoms. The molecule has 1 aliphatic rings. The second kappa shape index (κ2) is 8.35. The van der Waals surface area contributed by atoms with Gasteiger partial charge in [0.05, 0.1) is 11.6 Å². The summed E-state index contributed by atoms with van der Waals surface area (Å²) >= 11 is 0. The van der Waals surface area contributed by atoms with Gasteiger partial charge in [-0.15, -0.1) is 12.4 Å². The maximum Gasteiger partial charge on any atom is 0.258 e. The molecule has 2 amide bonds. The Kier molecular flexibility index (Phi) is 7.05. The lowest BCUT2D eigenvalue weighted by Gasteiger charge is -2.22. The molecule has 0 aromatic heterocycles. The van der Waals surface area contributed by atoms with E-state index in [2.05, 4.69) is 10.6 Å². The molecule has 1 fully saturated rings. The first-order valence-corrected chi connectivity index (χ1v) is 7.87. The first kappa shape index (κ1) is 20.3. The van der Waals surface area contributed by atoms with Crippen molar-refractivity contribution < 1.29 is 14.3 Å². The molecule has 1 unspecified atom stereocenters. The summed E-state index contributed by atoms with van der Waals surface area (Å²) in [6, 6.07) is 7.49. The van der Waals surface area contributed by atoms with Crippen molar-refractivity contribution in [3.8, 4) is 5.75 Å². The molecule has 0 aliphatic heterocycles. The molecule has 0 bridgehead atoms. The summed E-state index contributed by atoms with van der Waals surface area (Å²) < 4.78 is 5.45. The molecule has 0 heterocycles. The zero-order valence-corrected chi connectivity index (χ0v) is 15.1. The number of nitrogens with one attached hydrogen (secondary N) is 2. The van der Waals surface area contributed by atoms with Crippen molar-refractivity contribution in [3.05, 3.63) is 29.8 Å². The third-order valence-electron chi connectivity index (χ3n) is 3.63. The van der Waals surface area contributed by atoms with Gasteiger partial charge in [-0.05, 0) is 51.3 Å². The third-order valence-corrected chi connectivity index (χ3v) is 3.63. The standard InChI is InChI=1S/C17H25N3O3.ClH/c1-11(19-16(22)17(2,3)18)12-4-8-14(9-5-12)23-10-15(21)20-13-6-7-13;/h4-5,8-9,11,13H,6-7,10,18H2,1-3H3,(H,19,22)(H,20,21);1H. The Morgan fingerprint density at radius 2 is 1.88 bits per heavy atom. The number of benzene rings is 1. The second-order valence-electron chi connectivity index (χ2n) is 6.62. The van der Waals surface area contributed by atoms with Gasteiger partial charge in [0.2, 0.25) is 5.91 Å². The quantitative estimate of drug-likeness (QED) is 0.693. The average Bonchev–Trinajstić information content (AvgIpc) is 3.28.